The van der Waals surface area contributed by atoms with Crippen LogP contribution in [0.5, 0.6) is 11.5 Å². The van der Waals surface area contributed by atoms with Crippen LogP contribution in [0.15, 0.2) is 72.8 Å². The second-order valence-corrected chi connectivity index (χ2v) is 7.93. The molecule has 1 heterocycles. The van der Waals surface area contributed by atoms with Gasteiger partial charge in [-0.25, -0.2) is 4.79 Å². The second kappa shape index (κ2) is 10.9. The van der Waals surface area contributed by atoms with E-state index in [2.05, 4.69) is 23.1 Å². The first-order valence-electron chi connectivity index (χ1n) is 11.3. The van der Waals surface area contributed by atoms with Crippen molar-refractivity contribution in [2.45, 2.75) is 32.5 Å². The summed E-state index contributed by atoms with van der Waals surface area (Å²) in [5.41, 5.74) is 4.18. The molecule has 0 spiro atoms. The molecule has 1 atom stereocenters. The van der Waals surface area contributed by atoms with E-state index in [9.17, 15) is 9.90 Å². The molecule has 1 aliphatic heterocycles. The zero-order chi connectivity index (χ0) is 23.0. The summed E-state index contributed by atoms with van der Waals surface area (Å²) < 4.78 is 17.5. The molecule has 1 aliphatic rings. The molecule has 3 aromatic rings. The molecule has 0 saturated heterocycles. The Balaban J connectivity index is 1.40. The zero-order valence-corrected chi connectivity index (χ0v) is 18.8. The summed E-state index contributed by atoms with van der Waals surface area (Å²) in [6.07, 6.45) is 0.285. The van der Waals surface area contributed by atoms with E-state index in [1.165, 1.54) is 0 Å². The lowest BCUT2D eigenvalue weighted by Gasteiger charge is -2.25. The van der Waals surface area contributed by atoms with Crippen molar-refractivity contribution in [3.63, 3.8) is 0 Å². The summed E-state index contributed by atoms with van der Waals surface area (Å²) in [5, 5.41) is 9.35. The molecule has 4 rings (SSSR count). The molecule has 0 amide bonds. The van der Waals surface area contributed by atoms with Crippen molar-refractivity contribution >= 4 is 17.3 Å². The van der Waals surface area contributed by atoms with E-state index in [0.29, 0.717) is 32.8 Å². The van der Waals surface area contributed by atoms with Gasteiger partial charge in [-0.3, -0.25) is 0 Å². The van der Waals surface area contributed by atoms with Gasteiger partial charge in [-0.15, -0.1) is 0 Å². The molecule has 0 aromatic heterocycles. The molecule has 33 heavy (non-hydrogen) atoms. The molecule has 6 heteroatoms. The Kier molecular flexibility index (Phi) is 7.47. The van der Waals surface area contributed by atoms with Gasteiger partial charge in [0.25, 0.3) is 0 Å². The molecular weight excluding hydrogens is 418 g/mol. The number of carbonyl (C=O) groups is 1. The number of hydrogen-bond acceptors (Lipinski definition) is 5. The van der Waals surface area contributed by atoms with Gasteiger partial charge < -0.3 is 24.2 Å². The standard InChI is InChI=1S/C27H29NO5/c1-2-16-32-26(27(29)30)18-20-11-13-22(14-12-20)31-17-15-28-23-8-4-3-7-21(23)19-33-25-10-6-5-9-24(25)28/h3-14,26H,2,15-19H2,1H3,(H,29,30). The van der Waals surface area contributed by atoms with Crippen LogP contribution >= 0.6 is 0 Å². The summed E-state index contributed by atoms with van der Waals surface area (Å²) >= 11 is 0. The van der Waals surface area contributed by atoms with E-state index in [1.807, 2.05) is 61.5 Å². The summed E-state index contributed by atoms with van der Waals surface area (Å²) in [6, 6.07) is 23.8. The van der Waals surface area contributed by atoms with Gasteiger partial charge in [0, 0.05) is 24.3 Å². The molecule has 0 bridgehead atoms. The van der Waals surface area contributed by atoms with E-state index in [1.54, 1.807) is 0 Å². The Labute approximate surface area is 194 Å². The number of para-hydroxylation sites is 3. The highest BCUT2D eigenvalue weighted by Gasteiger charge is 2.21. The fraction of sp³-hybridized carbons (Fsp3) is 0.296. The molecule has 6 nitrogen and oxygen atoms in total. The van der Waals surface area contributed by atoms with E-state index < -0.39 is 12.1 Å². The number of hydrogen-bond donors (Lipinski definition) is 1. The first kappa shape index (κ1) is 22.7. The average Bonchev–Trinajstić information content (AvgIpc) is 3.00. The topological polar surface area (TPSA) is 68.2 Å². The molecule has 0 saturated carbocycles. The number of nitrogens with zero attached hydrogens (tertiary/aromatic N) is 1. The lowest BCUT2D eigenvalue weighted by Crippen LogP contribution is -2.26. The van der Waals surface area contributed by atoms with Crippen molar-refractivity contribution in [3.05, 3.63) is 83.9 Å². The predicted octanol–water partition coefficient (Wildman–Crippen LogP) is 5.22. The largest absolute Gasteiger partial charge is 0.492 e. The minimum absolute atomic E-state index is 0.330. The van der Waals surface area contributed by atoms with Gasteiger partial charge in [-0.05, 0) is 42.3 Å². The van der Waals surface area contributed by atoms with Gasteiger partial charge in [0.15, 0.2) is 6.10 Å². The second-order valence-electron chi connectivity index (χ2n) is 7.93. The molecule has 0 aliphatic carbocycles. The highest BCUT2D eigenvalue weighted by Crippen LogP contribution is 2.38. The molecular formula is C27H29NO5. The van der Waals surface area contributed by atoms with Crippen molar-refractivity contribution in [3.8, 4) is 11.5 Å². The summed E-state index contributed by atoms with van der Waals surface area (Å²) in [6.45, 7) is 4.07. The quantitative estimate of drug-likeness (QED) is 0.460. The SMILES string of the molecule is CCCOC(Cc1ccc(OCCN2c3ccccc3COc3ccccc32)cc1)C(=O)O. The Bertz CT molecular complexity index is 1020. The van der Waals surface area contributed by atoms with Crippen LogP contribution in [0.2, 0.25) is 0 Å². The molecule has 3 aromatic carbocycles. The van der Waals surface area contributed by atoms with E-state index in [-0.39, 0.29) is 0 Å². The molecule has 0 radical (unpaired) electrons. The van der Waals surface area contributed by atoms with Crippen LogP contribution in [0.4, 0.5) is 11.4 Å². The van der Waals surface area contributed by atoms with Crippen LogP contribution in [0.25, 0.3) is 0 Å². The van der Waals surface area contributed by atoms with Crippen LogP contribution < -0.4 is 14.4 Å². The smallest absolute Gasteiger partial charge is 0.333 e. The fourth-order valence-corrected chi connectivity index (χ4v) is 3.89. The number of carboxylic acids is 1. The Morgan fingerprint density at radius 2 is 1.73 bits per heavy atom. The van der Waals surface area contributed by atoms with Crippen molar-refractivity contribution in [2.75, 3.05) is 24.7 Å². The van der Waals surface area contributed by atoms with Crippen LogP contribution in [-0.2, 0) is 22.6 Å². The van der Waals surface area contributed by atoms with E-state index in [4.69, 9.17) is 14.2 Å². The number of carboxylic acid groups (broad SMARTS) is 1. The molecule has 1 N–H and O–H groups in total. The lowest BCUT2D eigenvalue weighted by molar-refractivity contribution is -0.150. The normalized spacial score (nSPS) is 13.3. The average molecular weight is 448 g/mol. The van der Waals surface area contributed by atoms with Crippen LogP contribution in [-0.4, -0.2) is 36.9 Å². The van der Waals surface area contributed by atoms with Gasteiger partial charge in [0.1, 0.15) is 24.7 Å². The summed E-state index contributed by atoms with van der Waals surface area (Å²) in [7, 11) is 0. The van der Waals surface area contributed by atoms with E-state index >= 15 is 0 Å². The highest BCUT2D eigenvalue weighted by atomic mass is 16.5. The first-order chi connectivity index (χ1) is 16.2. The third-order valence-corrected chi connectivity index (χ3v) is 5.55. The van der Waals surface area contributed by atoms with Crippen LogP contribution in [0.1, 0.15) is 24.5 Å². The van der Waals surface area contributed by atoms with Crippen molar-refractivity contribution in [2.24, 2.45) is 0 Å². The third kappa shape index (κ3) is 5.65. The minimum atomic E-state index is -0.939. The van der Waals surface area contributed by atoms with Crippen molar-refractivity contribution in [1.29, 1.82) is 0 Å². The lowest BCUT2D eigenvalue weighted by atomic mass is 10.1. The maximum Gasteiger partial charge on any atom is 0.333 e. The summed E-state index contributed by atoms with van der Waals surface area (Å²) in [5.74, 6) is 0.662. The maximum atomic E-state index is 11.4. The zero-order valence-electron chi connectivity index (χ0n) is 18.8. The van der Waals surface area contributed by atoms with Crippen molar-refractivity contribution in [1.82, 2.24) is 0 Å². The van der Waals surface area contributed by atoms with Crippen LogP contribution in [0, 0.1) is 0 Å². The highest BCUT2D eigenvalue weighted by molar-refractivity contribution is 5.73. The van der Waals surface area contributed by atoms with Gasteiger partial charge in [-0.1, -0.05) is 49.4 Å². The number of rotatable bonds is 10. The Hall–Kier alpha value is -3.51. The minimum Gasteiger partial charge on any atom is -0.492 e. The van der Waals surface area contributed by atoms with Gasteiger partial charge in [0.05, 0.1) is 12.2 Å². The molecule has 1 unspecified atom stereocenters. The summed E-state index contributed by atoms with van der Waals surface area (Å²) in [4.78, 5) is 13.6. The number of anilines is 2. The van der Waals surface area contributed by atoms with Gasteiger partial charge in [0.2, 0.25) is 0 Å². The van der Waals surface area contributed by atoms with E-state index in [0.717, 1.165) is 40.4 Å². The van der Waals surface area contributed by atoms with Crippen LogP contribution in [0.3, 0.4) is 0 Å². The number of ether oxygens (including phenoxy) is 3. The monoisotopic (exact) mass is 447 g/mol. The van der Waals surface area contributed by atoms with Gasteiger partial charge in [-0.2, -0.15) is 0 Å². The molecule has 172 valence electrons. The van der Waals surface area contributed by atoms with Crippen molar-refractivity contribution < 1.29 is 24.1 Å². The Morgan fingerprint density at radius 3 is 2.48 bits per heavy atom. The fourth-order valence-electron chi connectivity index (χ4n) is 3.89. The predicted molar refractivity (Wildman–Crippen MR) is 128 cm³/mol. The maximum absolute atomic E-state index is 11.4. The molecule has 0 fully saturated rings. The van der Waals surface area contributed by atoms with Gasteiger partial charge >= 0.3 is 5.97 Å². The first-order valence-corrected chi connectivity index (χ1v) is 11.3. The number of aliphatic carboxylic acids is 1. The Morgan fingerprint density at radius 1 is 1.00 bits per heavy atom. The third-order valence-electron chi connectivity index (χ3n) is 5.55. The number of fused-ring (bicyclic) bond motifs is 2. The number of benzene rings is 3.